The molecular formula is C14H21N3O2. The zero-order valence-corrected chi connectivity index (χ0v) is 11.5. The summed E-state index contributed by atoms with van der Waals surface area (Å²) in [6.07, 6.45) is 1.17. The summed E-state index contributed by atoms with van der Waals surface area (Å²) in [5.41, 5.74) is 0. The van der Waals surface area contributed by atoms with Crippen LogP contribution in [0.4, 0.5) is 0 Å². The van der Waals surface area contributed by atoms with Gasteiger partial charge < -0.3 is 20.1 Å². The number of hydrogen-bond donors (Lipinski definition) is 2. The minimum Gasteiger partial charge on any atom is -0.497 e. The lowest BCUT2D eigenvalue weighted by atomic mass is 10.3. The molecule has 5 heteroatoms. The van der Waals surface area contributed by atoms with Crippen molar-refractivity contribution in [3.8, 4) is 11.5 Å². The number of nitrogens with one attached hydrogen (secondary N) is 2. The van der Waals surface area contributed by atoms with Crippen molar-refractivity contribution in [1.82, 2.24) is 10.6 Å². The van der Waals surface area contributed by atoms with E-state index in [0.717, 1.165) is 43.5 Å². The van der Waals surface area contributed by atoms with E-state index in [1.165, 1.54) is 0 Å². The van der Waals surface area contributed by atoms with Gasteiger partial charge in [0.1, 0.15) is 17.6 Å². The first-order valence-corrected chi connectivity index (χ1v) is 6.61. The van der Waals surface area contributed by atoms with Crippen molar-refractivity contribution in [3.63, 3.8) is 0 Å². The highest BCUT2D eigenvalue weighted by atomic mass is 16.5. The fraction of sp³-hybridized carbons (Fsp3) is 0.500. The number of hydrogen-bond acceptors (Lipinski definition) is 5. The molecule has 0 saturated heterocycles. The van der Waals surface area contributed by atoms with Gasteiger partial charge >= 0.3 is 0 Å². The molecule has 0 radical (unpaired) electrons. The zero-order chi connectivity index (χ0) is 13.5. The molecule has 2 N–H and O–H groups in total. The first-order valence-electron chi connectivity index (χ1n) is 6.61. The van der Waals surface area contributed by atoms with Crippen LogP contribution in [0.3, 0.4) is 0 Å². The molecule has 0 spiro atoms. The minimum atomic E-state index is 0.0693. The fourth-order valence-electron chi connectivity index (χ4n) is 1.82. The number of guanidine groups is 1. The molecule has 0 aliphatic carbocycles. The van der Waals surface area contributed by atoms with Gasteiger partial charge in [0, 0.05) is 13.1 Å². The largest absolute Gasteiger partial charge is 0.497 e. The van der Waals surface area contributed by atoms with E-state index in [2.05, 4.69) is 15.6 Å². The Morgan fingerprint density at radius 2 is 2.05 bits per heavy atom. The lowest BCUT2D eigenvalue weighted by molar-refractivity contribution is 0.223. The number of nitrogens with zero attached hydrogens (tertiary/aromatic N) is 1. The summed E-state index contributed by atoms with van der Waals surface area (Å²) in [4.78, 5) is 4.35. The second-order valence-corrected chi connectivity index (χ2v) is 4.50. The van der Waals surface area contributed by atoms with E-state index < -0.39 is 0 Å². The van der Waals surface area contributed by atoms with Crippen LogP contribution in [0.1, 0.15) is 13.3 Å². The van der Waals surface area contributed by atoms with Crippen LogP contribution in [-0.4, -0.2) is 38.8 Å². The lowest BCUT2D eigenvalue weighted by Gasteiger charge is -2.19. The Morgan fingerprint density at radius 1 is 1.32 bits per heavy atom. The summed E-state index contributed by atoms with van der Waals surface area (Å²) in [7, 11) is 1.65. The molecule has 19 heavy (non-hydrogen) atoms. The summed E-state index contributed by atoms with van der Waals surface area (Å²) in [5.74, 6) is 2.55. The Balaban J connectivity index is 1.76. The van der Waals surface area contributed by atoms with Gasteiger partial charge in [-0.2, -0.15) is 0 Å². The average molecular weight is 263 g/mol. The minimum absolute atomic E-state index is 0.0693. The summed E-state index contributed by atoms with van der Waals surface area (Å²) in [6.45, 7) is 4.63. The Hall–Kier alpha value is -1.91. The Morgan fingerprint density at radius 3 is 2.68 bits per heavy atom. The highest BCUT2D eigenvalue weighted by Crippen LogP contribution is 2.17. The first-order chi connectivity index (χ1) is 9.28. The Bertz CT molecular complexity index is 417. The highest BCUT2D eigenvalue weighted by Gasteiger charge is 2.07. The first kappa shape index (κ1) is 13.5. The molecular weight excluding hydrogens is 242 g/mol. The van der Waals surface area contributed by atoms with E-state index in [1.807, 2.05) is 31.2 Å². The van der Waals surface area contributed by atoms with Crippen LogP contribution in [0.15, 0.2) is 29.3 Å². The van der Waals surface area contributed by atoms with Gasteiger partial charge in [-0.15, -0.1) is 0 Å². The summed E-state index contributed by atoms with van der Waals surface area (Å²) < 4.78 is 10.9. The van der Waals surface area contributed by atoms with Crippen molar-refractivity contribution < 1.29 is 9.47 Å². The van der Waals surface area contributed by atoms with Crippen molar-refractivity contribution in [2.24, 2.45) is 4.99 Å². The zero-order valence-electron chi connectivity index (χ0n) is 11.5. The van der Waals surface area contributed by atoms with Crippen LogP contribution < -0.4 is 20.1 Å². The van der Waals surface area contributed by atoms with Gasteiger partial charge in [0.2, 0.25) is 0 Å². The standard InChI is InChI=1S/C14H21N3O2/c1-11(10-17-14-15-8-3-9-16-14)19-13-6-4-12(18-2)5-7-13/h4-7,11H,3,8-10H2,1-2H3,(H2,15,16,17). The molecule has 1 atom stereocenters. The van der Waals surface area contributed by atoms with E-state index in [1.54, 1.807) is 7.11 Å². The van der Waals surface area contributed by atoms with Gasteiger partial charge in [0.05, 0.1) is 13.7 Å². The second-order valence-electron chi connectivity index (χ2n) is 4.50. The number of methoxy groups -OCH3 is 1. The van der Waals surface area contributed by atoms with Gasteiger partial charge in [-0.1, -0.05) is 0 Å². The molecule has 2 rings (SSSR count). The predicted molar refractivity (Wildman–Crippen MR) is 76.0 cm³/mol. The highest BCUT2D eigenvalue weighted by molar-refractivity contribution is 5.80. The maximum absolute atomic E-state index is 5.80. The topological polar surface area (TPSA) is 54.9 Å². The van der Waals surface area contributed by atoms with Crippen LogP contribution in [0.25, 0.3) is 0 Å². The third-order valence-electron chi connectivity index (χ3n) is 2.85. The van der Waals surface area contributed by atoms with Crippen molar-refractivity contribution >= 4 is 5.96 Å². The van der Waals surface area contributed by atoms with Gasteiger partial charge in [0.15, 0.2) is 5.96 Å². The molecule has 0 fully saturated rings. The predicted octanol–water partition coefficient (Wildman–Crippen LogP) is 1.40. The van der Waals surface area contributed by atoms with Gasteiger partial charge in [-0.3, -0.25) is 4.99 Å². The number of benzene rings is 1. The van der Waals surface area contributed by atoms with Crippen LogP contribution in [0.2, 0.25) is 0 Å². The van der Waals surface area contributed by atoms with Gasteiger partial charge in [-0.25, -0.2) is 0 Å². The summed E-state index contributed by atoms with van der Waals surface area (Å²) in [5, 5.41) is 6.47. The third kappa shape index (κ3) is 4.35. The van der Waals surface area contributed by atoms with Gasteiger partial charge in [-0.05, 0) is 37.6 Å². The Labute approximate surface area is 114 Å². The Kier molecular flexibility index (Phi) is 4.89. The van der Waals surface area contributed by atoms with Crippen LogP contribution in [0, 0.1) is 0 Å². The smallest absolute Gasteiger partial charge is 0.191 e. The molecule has 1 aliphatic heterocycles. The van der Waals surface area contributed by atoms with E-state index in [4.69, 9.17) is 9.47 Å². The summed E-state index contributed by atoms with van der Waals surface area (Å²) >= 11 is 0. The molecule has 1 aromatic rings. The molecule has 1 unspecified atom stereocenters. The molecule has 104 valence electrons. The third-order valence-corrected chi connectivity index (χ3v) is 2.85. The molecule has 5 nitrogen and oxygen atoms in total. The molecule has 0 bridgehead atoms. The van der Waals surface area contributed by atoms with E-state index in [9.17, 15) is 0 Å². The number of rotatable bonds is 5. The lowest BCUT2D eigenvalue weighted by Crippen LogP contribution is -2.44. The maximum atomic E-state index is 5.80. The maximum Gasteiger partial charge on any atom is 0.191 e. The van der Waals surface area contributed by atoms with Gasteiger partial charge in [0.25, 0.3) is 0 Å². The fourth-order valence-corrected chi connectivity index (χ4v) is 1.82. The molecule has 1 aromatic carbocycles. The van der Waals surface area contributed by atoms with Crippen molar-refractivity contribution in [1.29, 1.82) is 0 Å². The van der Waals surface area contributed by atoms with Crippen LogP contribution >= 0.6 is 0 Å². The average Bonchev–Trinajstić information content (AvgIpc) is 2.47. The molecule has 0 saturated carbocycles. The SMILES string of the molecule is COc1ccc(OC(C)CNC2=NCCCN2)cc1. The van der Waals surface area contributed by atoms with Crippen molar-refractivity contribution in [2.75, 3.05) is 26.7 Å². The summed E-state index contributed by atoms with van der Waals surface area (Å²) in [6, 6.07) is 7.60. The quantitative estimate of drug-likeness (QED) is 0.843. The number of aliphatic imine (C=N–C) groups is 1. The second kappa shape index (κ2) is 6.87. The monoisotopic (exact) mass is 263 g/mol. The van der Waals surface area contributed by atoms with Crippen molar-refractivity contribution in [3.05, 3.63) is 24.3 Å². The number of ether oxygens (including phenoxy) is 2. The van der Waals surface area contributed by atoms with Crippen LogP contribution in [-0.2, 0) is 0 Å². The molecule has 0 amide bonds. The van der Waals surface area contributed by atoms with Crippen LogP contribution in [0.5, 0.6) is 11.5 Å². The molecule has 0 aromatic heterocycles. The van der Waals surface area contributed by atoms with E-state index in [0.29, 0.717) is 0 Å². The van der Waals surface area contributed by atoms with E-state index >= 15 is 0 Å². The van der Waals surface area contributed by atoms with Crippen molar-refractivity contribution in [2.45, 2.75) is 19.4 Å². The molecule has 1 heterocycles. The molecule has 1 aliphatic rings. The van der Waals surface area contributed by atoms with E-state index in [-0.39, 0.29) is 6.10 Å². The normalized spacial score (nSPS) is 16.0.